The van der Waals surface area contributed by atoms with Crippen molar-refractivity contribution in [2.24, 2.45) is 0 Å². The number of anilines is 2. The summed E-state index contributed by atoms with van der Waals surface area (Å²) in [6.45, 7) is 0. The van der Waals surface area contributed by atoms with Crippen molar-refractivity contribution in [1.82, 2.24) is 14.6 Å². The van der Waals surface area contributed by atoms with Crippen LogP contribution in [-0.4, -0.2) is 41.9 Å². The lowest BCUT2D eigenvalue weighted by Gasteiger charge is -2.11. The van der Waals surface area contributed by atoms with Crippen LogP contribution in [0.2, 0.25) is 0 Å². The maximum absolute atomic E-state index is 11.9. The van der Waals surface area contributed by atoms with Gasteiger partial charge in [0.25, 0.3) is 0 Å². The Kier molecular flexibility index (Phi) is 5.20. The summed E-state index contributed by atoms with van der Waals surface area (Å²) in [5.74, 6) is 1.30. The normalized spacial score (nSPS) is 10.5. The lowest BCUT2D eigenvalue weighted by molar-refractivity contribution is 0.0601. The van der Waals surface area contributed by atoms with Gasteiger partial charge in [0.15, 0.2) is 23.0 Å². The van der Waals surface area contributed by atoms with Crippen molar-refractivity contribution < 1.29 is 19.0 Å². The summed E-state index contributed by atoms with van der Waals surface area (Å²) in [6.07, 6.45) is 1.58. The van der Waals surface area contributed by atoms with Gasteiger partial charge in [-0.1, -0.05) is 6.07 Å². The van der Waals surface area contributed by atoms with Gasteiger partial charge < -0.3 is 19.5 Å². The van der Waals surface area contributed by atoms with Gasteiger partial charge in [0.1, 0.15) is 17.3 Å². The summed E-state index contributed by atoms with van der Waals surface area (Å²) in [7, 11) is 4.46. The third-order valence-electron chi connectivity index (χ3n) is 4.78. The van der Waals surface area contributed by atoms with E-state index in [0.29, 0.717) is 45.5 Å². The molecule has 0 saturated heterocycles. The quantitative estimate of drug-likeness (QED) is 0.459. The molecule has 0 radical (unpaired) electrons. The maximum Gasteiger partial charge on any atom is 0.337 e. The number of rotatable bonds is 6. The number of methoxy groups -OCH3 is 3. The highest BCUT2D eigenvalue weighted by molar-refractivity contribution is 5.91. The number of H-pyrrole nitrogens is 1. The van der Waals surface area contributed by atoms with E-state index >= 15 is 0 Å². The number of benzene rings is 2. The first-order chi connectivity index (χ1) is 15.1. The predicted octanol–water partition coefficient (Wildman–Crippen LogP) is 3.75. The Balaban J connectivity index is 1.86. The van der Waals surface area contributed by atoms with Gasteiger partial charge >= 0.3 is 5.97 Å². The van der Waals surface area contributed by atoms with Crippen LogP contribution in [0, 0.1) is 11.3 Å². The van der Waals surface area contributed by atoms with Crippen molar-refractivity contribution in [3.8, 4) is 28.8 Å². The maximum atomic E-state index is 11.9. The minimum atomic E-state index is -0.436. The highest BCUT2D eigenvalue weighted by atomic mass is 16.5. The van der Waals surface area contributed by atoms with E-state index in [9.17, 15) is 10.1 Å². The average Bonchev–Trinajstić information content (AvgIpc) is 3.38. The van der Waals surface area contributed by atoms with E-state index in [1.54, 1.807) is 49.2 Å². The fraction of sp³-hybridized carbons (Fsp3) is 0.136. The lowest BCUT2D eigenvalue weighted by Crippen LogP contribution is -2.03. The molecule has 156 valence electrons. The van der Waals surface area contributed by atoms with E-state index in [2.05, 4.69) is 21.5 Å². The summed E-state index contributed by atoms with van der Waals surface area (Å²) in [4.78, 5) is 16.6. The zero-order valence-electron chi connectivity index (χ0n) is 17.1. The monoisotopic (exact) mass is 417 g/mol. The van der Waals surface area contributed by atoms with Gasteiger partial charge in [-0.15, -0.1) is 0 Å². The molecule has 0 unspecified atom stereocenters. The molecule has 2 aromatic heterocycles. The standard InChI is InChI=1S/C22H19N5O4/c1-29-17-8-7-13(10-18(17)30-2)19-21(27-20(26-19)15(11-23)12-24-27)25-16-6-4-5-14(9-16)22(28)31-3/h4-10,12,24-25H,1-3H3. The Morgan fingerprint density at radius 1 is 1.13 bits per heavy atom. The Hall–Kier alpha value is -4.45. The molecule has 0 aliphatic rings. The molecule has 0 amide bonds. The molecule has 9 nitrogen and oxygen atoms in total. The number of aromatic nitrogens is 3. The van der Waals surface area contributed by atoms with Crippen LogP contribution in [0.4, 0.5) is 11.5 Å². The first kappa shape index (κ1) is 19.8. The number of carbonyl (C=O) groups excluding carboxylic acids is 1. The predicted molar refractivity (Wildman–Crippen MR) is 114 cm³/mol. The number of hydrogen-bond acceptors (Lipinski definition) is 7. The van der Waals surface area contributed by atoms with E-state index in [-0.39, 0.29) is 0 Å². The van der Waals surface area contributed by atoms with Crippen molar-refractivity contribution in [1.29, 1.82) is 5.26 Å². The number of fused-ring (bicyclic) bond motifs is 1. The van der Waals surface area contributed by atoms with Crippen LogP contribution in [0.3, 0.4) is 0 Å². The molecule has 0 aliphatic heterocycles. The molecule has 0 saturated carbocycles. The first-order valence-corrected chi connectivity index (χ1v) is 9.27. The van der Waals surface area contributed by atoms with E-state index in [1.807, 2.05) is 18.2 Å². The van der Waals surface area contributed by atoms with Gasteiger partial charge in [-0.25, -0.2) is 14.3 Å². The molecule has 2 aromatic carbocycles. The second-order valence-corrected chi connectivity index (χ2v) is 6.53. The van der Waals surface area contributed by atoms with Gasteiger partial charge in [-0.3, -0.25) is 5.10 Å². The van der Waals surface area contributed by atoms with Gasteiger partial charge in [0.2, 0.25) is 0 Å². The van der Waals surface area contributed by atoms with Gasteiger partial charge in [0, 0.05) is 17.4 Å². The molecule has 4 rings (SSSR count). The molecule has 2 heterocycles. The summed E-state index contributed by atoms with van der Waals surface area (Å²) in [5.41, 5.74) is 3.28. The number of aromatic amines is 1. The molecular weight excluding hydrogens is 398 g/mol. The van der Waals surface area contributed by atoms with Gasteiger partial charge in [-0.2, -0.15) is 5.26 Å². The summed E-state index contributed by atoms with van der Waals surface area (Å²) in [5, 5.41) is 15.8. The average molecular weight is 417 g/mol. The lowest BCUT2D eigenvalue weighted by atomic mass is 10.1. The largest absolute Gasteiger partial charge is 0.493 e. The Morgan fingerprint density at radius 3 is 2.65 bits per heavy atom. The third-order valence-corrected chi connectivity index (χ3v) is 4.78. The molecular formula is C22H19N5O4. The zero-order valence-corrected chi connectivity index (χ0v) is 17.1. The first-order valence-electron chi connectivity index (χ1n) is 9.27. The summed E-state index contributed by atoms with van der Waals surface area (Å²) in [6, 6.07) is 14.5. The molecule has 9 heteroatoms. The third kappa shape index (κ3) is 3.51. The molecule has 4 aromatic rings. The Morgan fingerprint density at radius 2 is 1.94 bits per heavy atom. The SMILES string of the molecule is COC(=O)c1cccc(Nc2c(-c3ccc(OC)c(OC)c3)nc3c(C#N)c[nH]n23)c1. The van der Waals surface area contributed by atoms with Crippen LogP contribution in [-0.2, 0) is 4.74 Å². The van der Waals surface area contributed by atoms with E-state index in [1.165, 1.54) is 7.11 Å². The van der Waals surface area contributed by atoms with Crippen molar-refractivity contribution in [2.45, 2.75) is 0 Å². The van der Waals surface area contributed by atoms with Crippen LogP contribution in [0.25, 0.3) is 16.9 Å². The molecule has 0 fully saturated rings. The van der Waals surface area contributed by atoms with Crippen molar-refractivity contribution >= 4 is 23.1 Å². The highest BCUT2D eigenvalue weighted by Crippen LogP contribution is 2.37. The minimum absolute atomic E-state index is 0.401. The zero-order chi connectivity index (χ0) is 22.0. The summed E-state index contributed by atoms with van der Waals surface area (Å²) < 4.78 is 17.2. The van der Waals surface area contributed by atoms with Crippen LogP contribution in [0.15, 0.2) is 48.7 Å². The van der Waals surface area contributed by atoms with Crippen molar-refractivity contribution in [3.63, 3.8) is 0 Å². The number of nitrogens with one attached hydrogen (secondary N) is 2. The topological polar surface area (TPSA) is 114 Å². The number of nitrogens with zero attached hydrogens (tertiary/aromatic N) is 3. The second kappa shape index (κ2) is 8.12. The molecule has 0 spiro atoms. The van der Waals surface area contributed by atoms with Gasteiger partial charge in [0.05, 0.1) is 26.9 Å². The van der Waals surface area contributed by atoms with Crippen molar-refractivity contribution in [3.05, 3.63) is 59.8 Å². The number of nitriles is 1. The minimum Gasteiger partial charge on any atom is -0.493 e. The smallest absolute Gasteiger partial charge is 0.337 e. The fourth-order valence-corrected chi connectivity index (χ4v) is 3.28. The summed E-state index contributed by atoms with van der Waals surface area (Å²) >= 11 is 0. The number of hydrogen-bond donors (Lipinski definition) is 2. The van der Waals surface area contributed by atoms with Crippen LogP contribution in [0.1, 0.15) is 15.9 Å². The van der Waals surface area contributed by atoms with Crippen LogP contribution in [0.5, 0.6) is 11.5 Å². The molecule has 0 atom stereocenters. The second-order valence-electron chi connectivity index (χ2n) is 6.53. The Bertz CT molecular complexity index is 1320. The Labute approximate surface area is 177 Å². The number of esters is 1. The molecule has 2 N–H and O–H groups in total. The number of ether oxygens (including phenoxy) is 3. The molecule has 31 heavy (non-hydrogen) atoms. The van der Waals surface area contributed by atoms with Crippen LogP contribution < -0.4 is 14.8 Å². The number of imidazole rings is 1. The van der Waals surface area contributed by atoms with E-state index in [4.69, 9.17) is 14.2 Å². The van der Waals surface area contributed by atoms with Crippen LogP contribution >= 0.6 is 0 Å². The van der Waals surface area contributed by atoms with E-state index in [0.717, 1.165) is 5.56 Å². The van der Waals surface area contributed by atoms with Gasteiger partial charge in [-0.05, 0) is 36.4 Å². The molecule has 0 aliphatic carbocycles. The van der Waals surface area contributed by atoms with E-state index < -0.39 is 5.97 Å². The highest BCUT2D eigenvalue weighted by Gasteiger charge is 2.20. The number of carbonyl (C=O) groups is 1. The molecule has 0 bridgehead atoms. The fourth-order valence-electron chi connectivity index (χ4n) is 3.28. The van der Waals surface area contributed by atoms with Crippen molar-refractivity contribution in [2.75, 3.05) is 26.6 Å².